The lowest BCUT2D eigenvalue weighted by Crippen LogP contribution is -2.39. The molecule has 8 heteroatoms. The molecule has 1 heterocycles. The molecule has 140 valence electrons. The Morgan fingerprint density at radius 1 is 1.27 bits per heavy atom. The average molecular weight is 370 g/mol. The van der Waals surface area contributed by atoms with Crippen molar-refractivity contribution < 1.29 is 37.0 Å². The van der Waals surface area contributed by atoms with Crippen molar-refractivity contribution in [2.45, 2.75) is 44.3 Å². The Balaban J connectivity index is 1.43. The molecule has 1 aromatic carbocycles. The van der Waals surface area contributed by atoms with Gasteiger partial charge in [0.25, 0.3) is 0 Å². The highest BCUT2D eigenvalue weighted by Gasteiger charge is 2.63. The molecule has 3 aliphatic rings. The lowest BCUT2D eigenvalue weighted by molar-refractivity contribution is -0.168. The number of fused-ring (bicyclic) bond motifs is 1. The van der Waals surface area contributed by atoms with Gasteiger partial charge in [0, 0.05) is 11.8 Å². The normalized spacial score (nSPS) is 33.1. The lowest BCUT2D eigenvalue weighted by Gasteiger charge is -2.26. The second-order valence-corrected chi connectivity index (χ2v) is 7.06. The Morgan fingerprint density at radius 3 is 2.73 bits per heavy atom. The Hall–Kier alpha value is -2.25. The van der Waals surface area contributed by atoms with Gasteiger partial charge in [-0.1, -0.05) is 12.1 Å². The number of benzene rings is 1. The van der Waals surface area contributed by atoms with Gasteiger partial charge in [0.1, 0.15) is 18.0 Å². The summed E-state index contributed by atoms with van der Waals surface area (Å²) in [5.74, 6) is -1.41. The summed E-state index contributed by atoms with van der Waals surface area (Å²) in [5.41, 5.74) is -0.952. The zero-order valence-electron chi connectivity index (χ0n) is 13.9. The fourth-order valence-electron chi connectivity index (χ4n) is 4.34. The van der Waals surface area contributed by atoms with Crippen LogP contribution in [-0.2, 0) is 25.2 Å². The maximum atomic E-state index is 13.0. The molecule has 3 fully saturated rings. The molecule has 2 bridgehead atoms. The van der Waals surface area contributed by atoms with Crippen LogP contribution in [0.4, 0.5) is 13.2 Å². The molecule has 5 nitrogen and oxygen atoms in total. The Labute approximate surface area is 147 Å². The number of alkyl halides is 3. The molecule has 6 atom stereocenters. The number of carbonyl (C=O) groups excluding carboxylic acids is 2. The predicted octanol–water partition coefficient (Wildman–Crippen LogP) is 2.97. The van der Waals surface area contributed by atoms with Crippen LogP contribution in [0.25, 0.3) is 0 Å². The van der Waals surface area contributed by atoms with Crippen molar-refractivity contribution in [1.29, 1.82) is 0 Å². The van der Waals surface area contributed by atoms with Gasteiger partial charge in [-0.3, -0.25) is 4.79 Å². The molecule has 2 saturated carbocycles. The second-order valence-electron chi connectivity index (χ2n) is 7.06. The lowest BCUT2D eigenvalue weighted by atomic mass is 9.88. The number of halogens is 3. The van der Waals surface area contributed by atoms with Crippen molar-refractivity contribution in [3.05, 3.63) is 29.8 Å². The van der Waals surface area contributed by atoms with E-state index in [1.54, 1.807) is 0 Å². The SMILES string of the molecule is CC(Oc1ccccc1C(F)(F)F)C(=O)OC1C2CC3C(=O)OC1C3C2. The molecule has 4 rings (SSSR count). The summed E-state index contributed by atoms with van der Waals surface area (Å²) in [6.45, 7) is 1.34. The molecule has 1 saturated heterocycles. The molecule has 0 radical (unpaired) electrons. The standard InChI is InChI=1S/C18H17F3O5/c1-8(24-13-5-3-2-4-12(13)18(19,20)21)16(22)25-14-9-6-10-11(7-9)17(23)26-15(10)14/h2-5,8-11,14-15H,6-7H2,1H3. The van der Waals surface area contributed by atoms with E-state index >= 15 is 0 Å². The third-order valence-electron chi connectivity index (χ3n) is 5.49. The molecule has 0 N–H and O–H groups in total. The number of hydrogen-bond donors (Lipinski definition) is 0. The van der Waals surface area contributed by atoms with Crippen LogP contribution in [-0.4, -0.2) is 30.3 Å². The molecule has 6 unspecified atom stereocenters. The van der Waals surface area contributed by atoms with Gasteiger partial charge in [0.2, 0.25) is 0 Å². The molecule has 0 spiro atoms. The van der Waals surface area contributed by atoms with Gasteiger partial charge in [-0.05, 0) is 31.9 Å². The summed E-state index contributed by atoms with van der Waals surface area (Å²) in [4.78, 5) is 24.1. The zero-order valence-corrected chi connectivity index (χ0v) is 13.9. The van der Waals surface area contributed by atoms with E-state index in [-0.39, 0.29) is 23.7 Å². The van der Waals surface area contributed by atoms with Gasteiger partial charge in [-0.15, -0.1) is 0 Å². The number of hydrogen-bond acceptors (Lipinski definition) is 5. The first-order valence-electron chi connectivity index (χ1n) is 8.49. The summed E-state index contributed by atoms with van der Waals surface area (Å²) >= 11 is 0. The number of esters is 2. The molecule has 1 aliphatic heterocycles. The van der Waals surface area contributed by atoms with E-state index in [2.05, 4.69) is 0 Å². The van der Waals surface area contributed by atoms with Gasteiger partial charge in [0.15, 0.2) is 6.10 Å². The van der Waals surface area contributed by atoms with E-state index in [0.717, 1.165) is 18.6 Å². The maximum Gasteiger partial charge on any atom is 0.419 e. The quantitative estimate of drug-likeness (QED) is 0.763. The van der Waals surface area contributed by atoms with Crippen LogP contribution in [0.1, 0.15) is 25.3 Å². The monoisotopic (exact) mass is 370 g/mol. The van der Waals surface area contributed by atoms with Crippen molar-refractivity contribution in [3.8, 4) is 5.75 Å². The number of para-hydroxylation sites is 1. The summed E-state index contributed by atoms with van der Waals surface area (Å²) in [5, 5.41) is 0. The van der Waals surface area contributed by atoms with Crippen LogP contribution in [0.3, 0.4) is 0 Å². The molecular weight excluding hydrogens is 353 g/mol. The highest BCUT2D eigenvalue weighted by molar-refractivity contribution is 5.78. The average Bonchev–Trinajstić information content (AvgIpc) is 3.19. The first kappa shape index (κ1) is 17.2. The van der Waals surface area contributed by atoms with Crippen LogP contribution in [0.2, 0.25) is 0 Å². The highest BCUT2D eigenvalue weighted by Crippen LogP contribution is 2.55. The van der Waals surface area contributed by atoms with Crippen LogP contribution in [0.5, 0.6) is 5.75 Å². The first-order chi connectivity index (χ1) is 12.3. The van der Waals surface area contributed by atoms with E-state index in [1.807, 2.05) is 0 Å². The summed E-state index contributed by atoms with van der Waals surface area (Å²) < 4.78 is 55.1. The van der Waals surface area contributed by atoms with Crippen molar-refractivity contribution in [2.24, 2.45) is 17.8 Å². The Kier molecular flexibility index (Phi) is 3.89. The molecule has 2 aliphatic carbocycles. The number of ether oxygens (including phenoxy) is 3. The largest absolute Gasteiger partial charge is 0.478 e. The van der Waals surface area contributed by atoms with Gasteiger partial charge in [-0.2, -0.15) is 13.2 Å². The Bertz CT molecular complexity index is 747. The summed E-state index contributed by atoms with van der Waals surface area (Å²) in [6, 6.07) is 4.70. The van der Waals surface area contributed by atoms with Crippen molar-refractivity contribution in [3.63, 3.8) is 0 Å². The highest BCUT2D eigenvalue weighted by atomic mass is 19.4. The minimum atomic E-state index is -4.59. The van der Waals surface area contributed by atoms with Gasteiger partial charge >= 0.3 is 18.1 Å². The number of carbonyl (C=O) groups is 2. The topological polar surface area (TPSA) is 61.8 Å². The third-order valence-corrected chi connectivity index (χ3v) is 5.49. The third kappa shape index (κ3) is 2.71. The smallest absolute Gasteiger partial charge is 0.419 e. The van der Waals surface area contributed by atoms with Crippen LogP contribution in [0.15, 0.2) is 24.3 Å². The summed E-state index contributed by atoms with van der Waals surface area (Å²) in [7, 11) is 0. The molecular formula is C18H17F3O5. The molecule has 0 amide bonds. The minimum Gasteiger partial charge on any atom is -0.478 e. The molecule has 0 aromatic heterocycles. The van der Waals surface area contributed by atoms with E-state index < -0.39 is 41.8 Å². The van der Waals surface area contributed by atoms with Crippen LogP contribution < -0.4 is 4.74 Å². The van der Waals surface area contributed by atoms with Crippen LogP contribution in [0, 0.1) is 17.8 Å². The molecule has 1 aromatic rings. The van der Waals surface area contributed by atoms with E-state index in [4.69, 9.17) is 14.2 Å². The maximum absolute atomic E-state index is 13.0. The van der Waals surface area contributed by atoms with Crippen molar-refractivity contribution in [1.82, 2.24) is 0 Å². The van der Waals surface area contributed by atoms with E-state index in [1.165, 1.54) is 19.1 Å². The van der Waals surface area contributed by atoms with E-state index in [0.29, 0.717) is 6.42 Å². The second kappa shape index (κ2) is 5.89. The van der Waals surface area contributed by atoms with Crippen LogP contribution >= 0.6 is 0 Å². The zero-order chi connectivity index (χ0) is 18.6. The van der Waals surface area contributed by atoms with Gasteiger partial charge in [-0.25, -0.2) is 4.79 Å². The molecule has 26 heavy (non-hydrogen) atoms. The van der Waals surface area contributed by atoms with Crippen molar-refractivity contribution in [2.75, 3.05) is 0 Å². The van der Waals surface area contributed by atoms with E-state index in [9.17, 15) is 22.8 Å². The van der Waals surface area contributed by atoms with Gasteiger partial charge in [0.05, 0.1) is 11.5 Å². The summed E-state index contributed by atoms with van der Waals surface area (Å²) in [6.07, 6.45) is -5.39. The fraction of sp³-hybridized carbons (Fsp3) is 0.556. The Morgan fingerprint density at radius 2 is 2.00 bits per heavy atom. The van der Waals surface area contributed by atoms with Crippen molar-refractivity contribution >= 4 is 11.9 Å². The minimum absolute atomic E-state index is 0.0556. The predicted molar refractivity (Wildman–Crippen MR) is 81.0 cm³/mol. The van der Waals surface area contributed by atoms with Gasteiger partial charge < -0.3 is 14.2 Å². The number of rotatable bonds is 4. The fourth-order valence-corrected chi connectivity index (χ4v) is 4.34. The first-order valence-corrected chi connectivity index (χ1v) is 8.49.